The van der Waals surface area contributed by atoms with Crippen molar-refractivity contribution in [1.29, 1.82) is 0 Å². The number of rotatable bonds is 5. The van der Waals surface area contributed by atoms with E-state index in [0.29, 0.717) is 6.61 Å². The zero-order valence-electron chi connectivity index (χ0n) is 8.79. The fourth-order valence-corrected chi connectivity index (χ4v) is 1.21. The van der Waals surface area contributed by atoms with Gasteiger partial charge in [0.25, 0.3) is 0 Å². The highest BCUT2D eigenvalue weighted by Gasteiger charge is 1.96. The Morgan fingerprint density at radius 3 is 2.86 bits per heavy atom. The monoisotopic (exact) mass is 191 g/mol. The first-order valence-corrected chi connectivity index (χ1v) is 4.91. The van der Waals surface area contributed by atoms with Gasteiger partial charge in [0.05, 0.1) is 6.61 Å². The first-order chi connectivity index (χ1) is 6.88. The molecule has 1 rings (SSSR count). The van der Waals surface area contributed by atoms with Gasteiger partial charge in [0.1, 0.15) is 5.75 Å². The van der Waals surface area contributed by atoms with E-state index in [-0.39, 0.29) is 0 Å². The second kappa shape index (κ2) is 6.22. The molecule has 14 heavy (non-hydrogen) atoms. The van der Waals surface area contributed by atoms with Crippen molar-refractivity contribution in [3.63, 3.8) is 0 Å². The van der Waals surface area contributed by atoms with Crippen LogP contribution in [-0.4, -0.2) is 20.2 Å². The summed E-state index contributed by atoms with van der Waals surface area (Å²) in [6.45, 7) is 3.57. The minimum Gasteiger partial charge on any atom is -0.493 e. The molecule has 0 unspecified atom stereocenters. The Hall–Kier alpha value is -1.28. The van der Waals surface area contributed by atoms with Crippen molar-refractivity contribution in [3.8, 4) is 5.75 Å². The highest BCUT2D eigenvalue weighted by atomic mass is 16.5. The van der Waals surface area contributed by atoms with E-state index in [1.54, 1.807) is 0 Å². The van der Waals surface area contributed by atoms with Gasteiger partial charge in [0, 0.05) is 12.1 Å². The topological polar surface area (TPSA) is 21.3 Å². The summed E-state index contributed by atoms with van der Waals surface area (Å²) in [4.78, 5) is 0. The standard InChI is InChI=1S/C12H17NO/c1-3-14-12-9-5-4-7-11(12)8-6-10-13-2/h4-9,13H,3,10H2,1-2H3. The zero-order chi connectivity index (χ0) is 10.2. The molecule has 0 radical (unpaired) electrons. The minimum absolute atomic E-state index is 0.705. The van der Waals surface area contributed by atoms with Gasteiger partial charge in [-0.05, 0) is 20.0 Å². The number of benzene rings is 1. The molecule has 0 saturated heterocycles. The van der Waals surface area contributed by atoms with E-state index in [1.807, 2.05) is 32.2 Å². The van der Waals surface area contributed by atoms with E-state index in [9.17, 15) is 0 Å². The van der Waals surface area contributed by atoms with Crippen molar-refractivity contribution in [1.82, 2.24) is 5.32 Å². The summed E-state index contributed by atoms with van der Waals surface area (Å²) in [5.74, 6) is 0.947. The van der Waals surface area contributed by atoms with Gasteiger partial charge in [-0.1, -0.05) is 30.4 Å². The molecule has 0 amide bonds. The highest BCUT2D eigenvalue weighted by molar-refractivity contribution is 5.57. The summed E-state index contributed by atoms with van der Waals surface area (Å²) in [7, 11) is 1.93. The van der Waals surface area contributed by atoms with Gasteiger partial charge in [-0.3, -0.25) is 0 Å². The van der Waals surface area contributed by atoms with Crippen LogP contribution >= 0.6 is 0 Å². The van der Waals surface area contributed by atoms with Crippen LogP contribution in [0.4, 0.5) is 0 Å². The van der Waals surface area contributed by atoms with Crippen molar-refractivity contribution in [2.75, 3.05) is 20.2 Å². The lowest BCUT2D eigenvalue weighted by molar-refractivity contribution is 0.339. The molecule has 2 nitrogen and oxygen atoms in total. The number of para-hydroxylation sites is 1. The molecule has 0 saturated carbocycles. The van der Waals surface area contributed by atoms with E-state index in [2.05, 4.69) is 23.5 Å². The van der Waals surface area contributed by atoms with Gasteiger partial charge < -0.3 is 10.1 Å². The average molecular weight is 191 g/mol. The third kappa shape index (κ3) is 3.23. The van der Waals surface area contributed by atoms with Gasteiger partial charge in [0.15, 0.2) is 0 Å². The second-order valence-electron chi connectivity index (χ2n) is 2.93. The summed E-state index contributed by atoms with van der Waals surface area (Å²) in [5, 5.41) is 3.06. The van der Waals surface area contributed by atoms with E-state index in [4.69, 9.17) is 4.74 Å². The molecule has 1 aromatic carbocycles. The number of hydrogen-bond donors (Lipinski definition) is 1. The van der Waals surface area contributed by atoms with Crippen molar-refractivity contribution in [2.45, 2.75) is 6.92 Å². The van der Waals surface area contributed by atoms with Gasteiger partial charge in [-0.2, -0.15) is 0 Å². The maximum Gasteiger partial charge on any atom is 0.126 e. The third-order valence-electron chi connectivity index (χ3n) is 1.84. The van der Waals surface area contributed by atoms with Crippen LogP contribution in [0.2, 0.25) is 0 Å². The predicted molar refractivity (Wildman–Crippen MR) is 60.6 cm³/mol. The van der Waals surface area contributed by atoms with Crippen LogP contribution in [0.3, 0.4) is 0 Å². The van der Waals surface area contributed by atoms with Gasteiger partial charge >= 0.3 is 0 Å². The van der Waals surface area contributed by atoms with E-state index >= 15 is 0 Å². The lowest BCUT2D eigenvalue weighted by atomic mass is 10.2. The van der Waals surface area contributed by atoms with E-state index in [1.165, 1.54) is 0 Å². The molecule has 76 valence electrons. The molecular weight excluding hydrogens is 174 g/mol. The van der Waals surface area contributed by atoms with Gasteiger partial charge in [-0.15, -0.1) is 0 Å². The molecule has 0 spiro atoms. The second-order valence-corrected chi connectivity index (χ2v) is 2.93. The van der Waals surface area contributed by atoms with Crippen LogP contribution in [0, 0.1) is 0 Å². The Morgan fingerprint density at radius 1 is 1.36 bits per heavy atom. The fraction of sp³-hybridized carbons (Fsp3) is 0.333. The van der Waals surface area contributed by atoms with Gasteiger partial charge in [-0.25, -0.2) is 0 Å². The van der Waals surface area contributed by atoms with Crippen LogP contribution in [0.5, 0.6) is 5.75 Å². The first kappa shape index (κ1) is 10.8. The number of hydrogen-bond acceptors (Lipinski definition) is 2. The van der Waals surface area contributed by atoms with E-state index < -0.39 is 0 Å². The molecule has 0 atom stereocenters. The molecule has 1 aromatic rings. The quantitative estimate of drug-likeness (QED) is 0.771. The van der Waals surface area contributed by atoms with Crippen LogP contribution in [0.15, 0.2) is 30.3 Å². The first-order valence-electron chi connectivity index (χ1n) is 4.91. The molecule has 0 aromatic heterocycles. The molecule has 1 N–H and O–H groups in total. The maximum absolute atomic E-state index is 5.50. The Kier molecular flexibility index (Phi) is 4.79. The number of likely N-dealkylation sites (N-methyl/N-ethyl adjacent to an activating group) is 1. The van der Waals surface area contributed by atoms with Crippen LogP contribution in [-0.2, 0) is 0 Å². The minimum atomic E-state index is 0.705. The number of nitrogens with one attached hydrogen (secondary N) is 1. The Labute approximate surface area is 85.6 Å². The zero-order valence-corrected chi connectivity index (χ0v) is 8.79. The van der Waals surface area contributed by atoms with E-state index in [0.717, 1.165) is 17.9 Å². The summed E-state index contributed by atoms with van der Waals surface area (Å²) >= 11 is 0. The van der Waals surface area contributed by atoms with Crippen molar-refractivity contribution < 1.29 is 4.74 Å². The number of ether oxygens (including phenoxy) is 1. The molecule has 2 heteroatoms. The normalized spacial score (nSPS) is 10.7. The molecule has 0 aliphatic heterocycles. The lowest BCUT2D eigenvalue weighted by Gasteiger charge is -2.05. The third-order valence-corrected chi connectivity index (χ3v) is 1.84. The SMILES string of the molecule is CCOc1ccccc1C=CCNC. The smallest absolute Gasteiger partial charge is 0.126 e. The predicted octanol–water partition coefficient (Wildman–Crippen LogP) is 2.32. The Balaban J connectivity index is 2.73. The fourth-order valence-electron chi connectivity index (χ4n) is 1.21. The average Bonchev–Trinajstić information content (AvgIpc) is 2.21. The highest BCUT2D eigenvalue weighted by Crippen LogP contribution is 2.18. The van der Waals surface area contributed by atoms with Crippen LogP contribution in [0.25, 0.3) is 6.08 Å². The van der Waals surface area contributed by atoms with Crippen molar-refractivity contribution in [3.05, 3.63) is 35.9 Å². The Bertz CT molecular complexity index is 294. The van der Waals surface area contributed by atoms with Crippen molar-refractivity contribution in [2.24, 2.45) is 0 Å². The molecule has 0 fully saturated rings. The molecule has 0 heterocycles. The summed E-state index contributed by atoms with van der Waals surface area (Å²) < 4.78 is 5.50. The largest absolute Gasteiger partial charge is 0.493 e. The van der Waals surface area contributed by atoms with Crippen LogP contribution < -0.4 is 10.1 Å². The maximum atomic E-state index is 5.50. The van der Waals surface area contributed by atoms with Gasteiger partial charge in [0.2, 0.25) is 0 Å². The molecule has 0 bridgehead atoms. The molecule has 0 aliphatic rings. The lowest BCUT2D eigenvalue weighted by Crippen LogP contribution is -2.03. The Morgan fingerprint density at radius 2 is 2.14 bits per heavy atom. The van der Waals surface area contributed by atoms with Crippen molar-refractivity contribution >= 4 is 6.08 Å². The van der Waals surface area contributed by atoms with Crippen LogP contribution in [0.1, 0.15) is 12.5 Å². The summed E-state index contributed by atoms with van der Waals surface area (Å²) in [6, 6.07) is 8.04. The molecule has 0 aliphatic carbocycles. The summed E-state index contributed by atoms with van der Waals surface area (Å²) in [5.41, 5.74) is 1.13. The summed E-state index contributed by atoms with van der Waals surface area (Å²) in [6.07, 6.45) is 4.15. The molecular formula is C12H17NO.